The van der Waals surface area contributed by atoms with Gasteiger partial charge >= 0.3 is 0 Å². The van der Waals surface area contributed by atoms with Crippen LogP contribution in [0.3, 0.4) is 0 Å². The van der Waals surface area contributed by atoms with Gasteiger partial charge in [-0.2, -0.15) is 0 Å². The zero-order chi connectivity index (χ0) is 24.5. The highest BCUT2D eigenvalue weighted by Gasteiger charge is 2.27. The Labute approximate surface area is 206 Å². The summed E-state index contributed by atoms with van der Waals surface area (Å²) in [6.45, 7) is 6.42. The minimum atomic E-state index is -0.686. The van der Waals surface area contributed by atoms with Crippen molar-refractivity contribution in [3.8, 4) is 11.5 Å². The molecule has 0 radical (unpaired) electrons. The van der Waals surface area contributed by atoms with E-state index < -0.39 is 6.04 Å². The maximum atomic E-state index is 13.3. The van der Waals surface area contributed by atoms with Gasteiger partial charge in [-0.05, 0) is 49.1 Å². The number of carbonyl (C=O) groups is 2. The van der Waals surface area contributed by atoms with Crippen molar-refractivity contribution in [3.05, 3.63) is 57.6 Å². The first-order valence-corrected chi connectivity index (χ1v) is 11.6. The van der Waals surface area contributed by atoms with E-state index in [2.05, 4.69) is 5.32 Å². The number of halogens is 2. The lowest BCUT2D eigenvalue weighted by Crippen LogP contribution is -2.48. The van der Waals surface area contributed by atoms with E-state index in [1.165, 1.54) is 4.90 Å². The Morgan fingerprint density at radius 2 is 1.64 bits per heavy atom. The molecule has 2 aromatic carbocycles. The van der Waals surface area contributed by atoms with Crippen LogP contribution < -0.4 is 14.8 Å². The Balaban J connectivity index is 2.22. The van der Waals surface area contributed by atoms with E-state index in [1.807, 2.05) is 32.0 Å². The molecule has 0 fully saturated rings. The quantitative estimate of drug-likeness (QED) is 0.469. The lowest BCUT2D eigenvalue weighted by Gasteiger charge is -2.29. The maximum Gasteiger partial charge on any atom is 0.242 e. The fourth-order valence-electron chi connectivity index (χ4n) is 3.32. The maximum absolute atomic E-state index is 13.3. The van der Waals surface area contributed by atoms with Crippen LogP contribution in [0.15, 0.2) is 36.4 Å². The number of amides is 2. The summed E-state index contributed by atoms with van der Waals surface area (Å²) in [5.41, 5.74) is 1.54. The number of ether oxygens (including phenoxy) is 2. The van der Waals surface area contributed by atoms with Crippen LogP contribution in [0.4, 0.5) is 0 Å². The van der Waals surface area contributed by atoms with E-state index in [1.54, 1.807) is 39.3 Å². The molecule has 0 saturated heterocycles. The Bertz CT molecular complexity index is 945. The van der Waals surface area contributed by atoms with Gasteiger partial charge < -0.3 is 19.7 Å². The van der Waals surface area contributed by atoms with Gasteiger partial charge in [-0.15, -0.1) is 0 Å². The summed E-state index contributed by atoms with van der Waals surface area (Å²) < 4.78 is 10.6. The summed E-state index contributed by atoms with van der Waals surface area (Å²) >= 11 is 12.7. The van der Waals surface area contributed by atoms with Gasteiger partial charge in [-0.3, -0.25) is 9.59 Å². The molecular formula is C25H32Cl2N2O4. The zero-order valence-electron chi connectivity index (χ0n) is 19.8. The molecule has 2 rings (SSSR count). The number of hydrogen-bond donors (Lipinski definition) is 1. The third kappa shape index (κ3) is 7.54. The van der Waals surface area contributed by atoms with Gasteiger partial charge in [0.05, 0.1) is 14.2 Å². The van der Waals surface area contributed by atoms with Gasteiger partial charge in [-0.1, -0.05) is 49.2 Å². The SMILES string of the molecule is COc1ccc(CCC(=O)N(Cc2c(Cl)cccc2Cl)[C@H](C)C(=O)NCC(C)C)cc1OC. The monoisotopic (exact) mass is 494 g/mol. The molecule has 0 aliphatic carbocycles. The molecule has 1 N–H and O–H groups in total. The Morgan fingerprint density at radius 1 is 1.00 bits per heavy atom. The normalized spacial score (nSPS) is 11.8. The molecule has 6 nitrogen and oxygen atoms in total. The fraction of sp³-hybridized carbons (Fsp3) is 0.440. The standard InChI is InChI=1S/C25H32Cl2N2O4/c1-16(2)14-28-25(31)17(3)29(15-19-20(26)7-6-8-21(19)27)24(30)12-10-18-9-11-22(32-4)23(13-18)33-5/h6-9,11,13,16-17H,10,12,14-15H2,1-5H3,(H,28,31)/t17-/m1/s1. The molecule has 0 aliphatic rings. The predicted octanol–water partition coefficient (Wildman–Crippen LogP) is 5.13. The Hall–Kier alpha value is -2.44. The molecule has 2 aromatic rings. The summed E-state index contributed by atoms with van der Waals surface area (Å²) in [5.74, 6) is 1.13. The average molecular weight is 495 g/mol. The van der Waals surface area contributed by atoms with Crippen LogP contribution in [0.5, 0.6) is 11.5 Å². The summed E-state index contributed by atoms with van der Waals surface area (Å²) in [4.78, 5) is 27.6. The smallest absolute Gasteiger partial charge is 0.242 e. The van der Waals surface area contributed by atoms with E-state index >= 15 is 0 Å². The second-order valence-corrected chi connectivity index (χ2v) is 9.04. The first kappa shape index (κ1) is 26.8. The molecule has 8 heteroatoms. The van der Waals surface area contributed by atoms with Gasteiger partial charge in [0.1, 0.15) is 6.04 Å². The van der Waals surface area contributed by atoms with Gasteiger partial charge in [-0.25, -0.2) is 0 Å². The highest BCUT2D eigenvalue weighted by molar-refractivity contribution is 6.36. The molecule has 0 heterocycles. The number of hydrogen-bond acceptors (Lipinski definition) is 4. The molecule has 0 spiro atoms. The van der Waals surface area contributed by atoms with Gasteiger partial charge in [0.15, 0.2) is 11.5 Å². The van der Waals surface area contributed by atoms with E-state index in [-0.39, 0.29) is 24.8 Å². The topological polar surface area (TPSA) is 67.9 Å². The molecule has 0 saturated carbocycles. The summed E-state index contributed by atoms with van der Waals surface area (Å²) in [6, 6.07) is 10.0. The Kier molecular flexibility index (Phi) is 10.3. The largest absolute Gasteiger partial charge is 0.493 e. The van der Waals surface area contributed by atoms with Crippen molar-refractivity contribution in [2.75, 3.05) is 20.8 Å². The number of aryl methyl sites for hydroxylation is 1. The highest BCUT2D eigenvalue weighted by Crippen LogP contribution is 2.29. The molecule has 0 bridgehead atoms. The van der Waals surface area contributed by atoms with Crippen LogP contribution in [0.25, 0.3) is 0 Å². The number of benzene rings is 2. The third-order valence-electron chi connectivity index (χ3n) is 5.32. The number of methoxy groups -OCH3 is 2. The van der Waals surface area contributed by atoms with Crippen LogP contribution in [-0.4, -0.2) is 43.5 Å². The van der Waals surface area contributed by atoms with Crippen molar-refractivity contribution in [1.29, 1.82) is 0 Å². The Morgan fingerprint density at radius 3 is 2.21 bits per heavy atom. The third-order valence-corrected chi connectivity index (χ3v) is 6.03. The summed E-state index contributed by atoms with van der Waals surface area (Å²) in [6.07, 6.45) is 0.686. The zero-order valence-corrected chi connectivity index (χ0v) is 21.3. The van der Waals surface area contributed by atoms with Crippen LogP contribution in [0.1, 0.15) is 38.3 Å². The lowest BCUT2D eigenvalue weighted by atomic mass is 10.1. The molecule has 1 atom stereocenters. The molecule has 0 aromatic heterocycles. The molecule has 33 heavy (non-hydrogen) atoms. The summed E-state index contributed by atoms with van der Waals surface area (Å²) in [5, 5.41) is 3.81. The lowest BCUT2D eigenvalue weighted by molar-refractivity contribution is -0.140. The number of carbonyl (C=O) groups excluding carboxylic acids is 2. The predicted molar refractivity (Wildman–Crippen MR) is 132 cm³/mol. The van der Waals surface area contributed by atoms with Gasteiger partial charge in [0.2, 0.25) is 11.8 Å². The van der Waals surface area contributed by atoms with Crippen molar-refractivity contribution < 1.29 is 19.1 Å². The first-order chi connectivity index (χ1) is 15.7. The van der Waals surface area contributed by atoms with Crippen LogP contribution >= 0.6 is 23.2 Å². The van der Waals surface area contributed by atoms with E-state index in [4.69, 9.17) is 32.7 Å². The highest BCUT2D eigenvalue weighted by atomic mass is 35.5. The molecule has 0 unspecified atom stereocenters. The molecule has 0 aliphatic heterocycles. The van der Waals surface area contributed by atoms with E-state index in [0.29, 0.717) is 46.0 Å². The second-order valence-electron chi connectivity index (χ2n) is 8.23. The minimum absolute atomic E-state index is 0.138. The van der Waals surface area contributed by atoms with Gasteiger partial charge in [0.25, 0.3) is 0 Å². The van der Waals surface area contributed by atoms with E-state index in [9.17, 15) is 9.59 Å². The van der Waals surface area contributed by atoms with Crippen molar-refractivity contribution in [2.24, 2.45) is 5.92 Å². The molecule has 2 amide bonds. The van der Waals surface area contributed by atoms with Crippen molar-refractivity contribution >= 4 is 35.0 Å². The van der Waals surface area contributed by atoms with Crippen LogP contribution in [0, 0.1) is 5.92 Å². The number of nitrogens with zero attached hydrogens (tertiary/aromatic N) is 1. The second kappa shape index (κ2) is 12.7. The minimum Gasteiger partial charge on any atom is -0.493 e. The molecule has 180 valence electrons. The van der Waals surface area contributed by atoms with Crippen molar-refractivity contribution in [2.45, 2.75) is 46.2 Å². The summed E-state index contributed by atoms with van der Waals surface area (Å²) in [7, 11) is 3.14. The number of rotatable bonds is 11. The molecular weight excluding hydrogens is 463 g/mol. The first-order valence-electron chi connectivity index (χ1n) is 10.9. The fourth-order valence-corrected chi connectivity index (χ4v) is 3.84. The average Bonchev–Trinajstić information content (AvgIpc) is 2.80. The van der Waals surface area contributed by atoms with Gasteiger partial charge in [0, 0.05) is 35.1 Å². The van der Waals surface area contributed by atoms with Crippen molar-refractivity contribution in [1.82, 2.24) is 10.2 Å². The van der Waals surface area contributed by atoms with Crippen LogP contribution in [0.2, 0.25) is 10.0 Å². The van der Waals surface area contributed by atoms with Crippen LogP contribution in [-0.2, 0) is 22.6 Å². The number of nitrogens with one attached hydrogen (secondary N) is 1. The van der Waals surface area contributed by atoms with Crippen molar-refractivity contribution in [3.63, 3.8) is 0 Å². The van der Waals surface area contributed by atoms with E-state index in [0.717, 1.165) is 5.56 Å².